The van der Waals surface area contributed by atoms with E-state index in [0.29, 0.717) is 19.4 Å². The summed E-state index contributed by atoms with van der Waals surface area (Å²) in [6, 6.07) is 7.87. The molecule has 0 aromatic heterocycles. The molecular weight excluding hydrogens is 282 g/mol. The molecule has 1 aliphatic heterocycles. The number of ether oxygens (including phenoxy) is 1. The average molecular weight is 298 g/mol. The first-order valence-electron chi connectivity index (χ1n) is 5.82. The number of rotatable bonds is 4. The fourth-order valence-electron chi connectivity index (χ4n) is 1.95. The second-order valence-corrected chi connectivity index (χ2v) is 5.16. The number of Topliss-reactive ketones (excluding diaryl/α,β-unsaturated/α-hetero) is 1. The summed E-state index contributed by atoms with van der Waals surface area (Å²) >= 11 is 3.40. The summed E-state index contributed by atoms with van der Waals surface area (Å²) < 4.78 is 6.53. The lowest BCUT2D eigenvalue weighted by Crippen LogP contribution is -2.39. The van der Waals surface area contributed by atoms with Gasteiger partial charge in [0.2, 0.25) is 0 Å². The number of nitrogens with one attached hydrogen (secondary N) is 1. The van der Waals surface area contributed by atoms with Gasteiger partial charge in [-0.3, -0.25) is 4.79 Å². The van der Waals surface area contributed by atoms with E-state index in [0.717, 1.165) is 23.1 Å². The smallest absolute Gasteiger partial charge is 0.139 e. The minimum atomic E-state index is 0.0448. The zero-order chi connectivity index (χ0) is 12.1. The first-order chi connectivity index (χ1) is 8.24. The molecule has 0 aliphatic carbocycles. The monoisotopic (exact) mass is 297 g/mol. The summed E-state index contributed by atoms with van der Waals surface area (Å²) in [7, 11) is 0. The number of hydrogen-bond donors (Lipinski definition) is 1. The first kappa shape index (κ1) is 12.7. The van der Waals surface area contributed by atoms with E-state index in [1.165, 1.54) is 0 Å². The molecule has 0 bridgehead atoms. The lowest BCUT2D eigenvalue weighted by atomic mass is 10.0. The molecule has 0 saturated carbocycles. The van der Waals surface area contributed by atoms with Crippen LogP contribution in [-0.4, -0.2) is 31.6 Å². The third kappa shape index (κ3) is 4.22. The summed E-state index contributed by atoms with van der Waals surface area (Å²) in [6.07, 6.45) is 1.03. The molecule has 1 aromatic rings. The van der Waals surface area contributed by atoms with Crippen LogP contribution in [0.4, 0.5) is 0 Å². The Hall–Kier alpha value is -0.710. The van der Waals surface area contributed by atoms with E-state index < -0.39 is 0 Å². The molecule has 2 rings (SSSR count). The van der Waals surface area contributed by atoms with Gasteiger partial charge in [-0.1, -0.05) is 28.1 Å². The van der Waals surface area contributed by atoms with E-state index in [-0.39, 0.29) is 11.9 Å². The van der Waals surface area contributed by atoms with Crippen LogP contribution in [0.3, 0.4) is 0 Å². The molecular formula is C13H16BrNO2. The molecule has 92 valence electrons. The molecule has 1 heterocycles. The van der Waals surface area contributed by atoms with Gasteiger partial charge in [-0.15, -0.1) is 0 Å². The fourth-order valence-corrected chi connectivity index (χ4v) is 2.40. The Morgan fingerprint density at radius 3 is 3.12 bits per heavy atom. The number of hydrogen-bond acceptors (Lipinski definition) is 3. The predicted octanol–water partition coefficient (Wildman–Crippen LogP) is 1.94. The minimum absolute atomic E-state index is 0.0448. The van der Waals surface area contributed by atoms with Crippen LogP contribution in [-0.2, 0) is 16.0 Å². The van der Waals surface area contributed by atoms with Gasteiger partial charge >= 0.3 is 0 Å². The van der Waals surface area contributed by atoms with Gasteiger partial charge in [0.15, 0.2) is 0 Å². The number of halogens is 1. The highest BCUT2D eigenvalue weighted by Gasteiger charge is 2.17. The topological polar surface area (TPSA) is 38.3 Å². The van der Waals surface area contributed by atoms with Crippen molar-refractivity contribution in [2.75, 3.05) is 19.7 Å². The molecule has 1 atom stereocenters. The average Bonchev–Trinajstić information content (AvgIpc) is 2.30. The quantitative estimate of drug-likeness (QED) is 0.923. The van der Waals surface area contributed by atoms with Gasteiger partial charge in [-0.05, 0) is 17.7 Å². The van der Waals surface area contributed by atoms with Crippen molar-refractivity contribution < 1.29 is 9.53 Å². The Morgan fingerprint density at radius 2 is 2.41 bits per heavy atom. The van der Waals surface area contributed by atoms with Gasteiger partial charge in [-0.25, -0.2) is 0 Å². The molecule has 1 aromatic carbocycles. The van der Waals surface area contributed by atoms with Gasteiger partial charge < -0.3 is 10.1 Å². The highest BCUT2D eigenvalue weighted by molar-refractivity contribution is 9.10. The molecule has 3 nitrogen and oxygen atoms in total. The second-order valence-electron chi connectivity index (χ2n) is 4.25. The molecule has 0 amide bonds. The largest absolute Gasteiger partial charge is 0.375 e. The van der Waals surface area contributed by atoms with Crippen LogP contribution >= 0.6 is 15.9 Å². The van der Waals surface area contributed by atoms with Gasteiger partial charge in [0.05, 0.1) is 12.7 Å². The van der Waals surface area contributed by atoms with Crippen LogP contribution in [0.5, 0.6) is 0 Å². The van der Waals surface area contributed by atoms with E-state index in [9.17, 15) is 4.79 Å². The molecule has 0 spiro atoms. The Morgan fingerprint density at radius 1 is 1.53 bits per heavy atom. The number of morpholine rings is 1. The van der Waals surface area contributed by atoms with Crippen LogP contribution in [0, 0.1) is 0 Å². The molecule has 17 heavy (non-hydrogen) atoms. The molecule has 1 N–H and O–H groups in total. The number of carbonyl (C=O) groups excluding carboxylic acids is 1. The van der Waals surface area contributed by atoms with E-state index in [1.807, 2.05) is 24.3 Å². The Labute approximate surface area is 110 Å². The predicted molar refractivity (Wildman–Crippen MR) is 70.1 cm³/mol. The van der Waals surface area contributed by atoms with Crippen molar-refractivity contribution in [2.45, 2.75) is 18.9 Å². The second kappa shape index (κ2) is 6.28. The minimum Gasteiger partial charge on any atom is -0.375 e. The Bertz CT molecular complexity index is 389. The van der Waals surface area contributed by atoms with Crippen molar-refractivity contribution in [1.29, 1.82) is 0 Å². The maximum atomic E-state index is 11.9. The third-order valence-corrected chi connectivity index (χ3v) is 3.24. The summed E-state index contributed by atoms with van der Waals surface area (Å²) in [5.41, 5.74) is 1.05. The van der Waals surface area contributed by atoms with Crippen molar-refractivity contribution in [3.63, 3.8) is 0 Å². The number of carbonyl (C=O) groups is 1. The Kier molecular flexibility index (Phi) is 4.71. The SMILES string of the molecule is O=C(Cc1cccc(Br)c1)CC1CNCCO1. The highest BCUT2D eigenvalue weighted by atomic mass is 79.9. The van der Waals surface area contributed by atoms with Gasteiger partial charge in [0, 0.05) is 30.4 Å². The van der Waals surface area contributed by atoms with Crippen LogP contribution in [0.25, 0.3) is 0 Å². The van der Waals surface area contributed by atoms with Crippen molar-refractivity contribution in [1.82, 2.24) is 5.32 Å². The number of benzene rings is 1. The zero-order valence-electron chi connectivity index (χ0n) is 9.62. The summed E-state index contributed by atoms with van der Waals surface area (Å²) in [4.78, 5) is 11.9. The van der Waals surface area contributed by atoms with Gasteiger partial charge in [0.25, 0.3) is 0 Å². The first-order valence-corrected chi connectivity index (χ1v) is 6.62. The highest BCUT2D eigenvalue weighted by Crippen LogP contribution is 2.13. The van der Waals surface area contributed by atoms with Crippen LogP contribution in [0.2, 0.25) is 0 Å². The Balaban J connectivity index is 1.84. The van der Waals surface area contributed by atoms with E-state index in [2.05, 4.69) is 21.2 Å². The van der Waals surface area contributed by atoms with E-state index in [4.69, 9.17) is 4.74 Å². The summed E-state index contributed by atoms with van der Waals surface area (Å²) in [5, 5.41) is 3.23. The summed E-state index contributed by atoms with van der Waals surface area (Å²) in [6.45, 7) is 2.37. The molecule has 4 heteroatoms. The maximum absolute atomic E-state index is 11.9. The molecule has 1 fully saturated rings. The van der Waals surface area contributed by atoms with Crippen molar-refractivity contribution in [2.24, 2.45) is 0 Å². The zero-order valence-corrected chi connectivity index (χ0v) is 11.2. The molecule has 1 saturated heterocycles. The van der Waals surface area contributed by atoms with Crippen LogP contribution in [0.15, 0.2) is 28.7 Å². The van der Waals surface area contributed by atoms with Crippen molar-refractivity contribution in [3.05, 3.63) is 34.3 Å². The lowest BCUT2D eigenvalue weighted by molar-refractivity contribution is -0.121. The van der Waals surface area contributed by atoms with E-state index in [1.54, 1.807) is 0 Å². The molecule has 1 unspecified atom stereocenters. The third-order valence-electron chi connectivity index (χ3n) is 2.75. The van der Waals surface area contributed by atoms with Crippen molar-refractivity contribution >= 4 is 21.7 Å². The lowest BCUT2D eigenvalue weighted by Gasteiger charge is -2.22. The van der Waals surface area contributed by atoms with Crippen molar-refractivity contribution in [3.8, 4) is 0 Å². The number of ketones is 1. The van der Waals surface area contributed by atoms with Gasteiger partial charge in [0.1, 0.15) is 5.78 Å². The van der Waals surface area contributed by atoms with Crippen LogP contribution < -0.4 is 5.32 Å². The molecule has 1 aliphatic rings. The standard InChI is InChI=1S/C13H16BrNO2/c14-11-3-1-2-10(6-11)7-12(16)8-13-9-15-4-5-17-13/h1-3,6,13,15H,4-5,7-9H2. The molecule has 0 radical (unpaired) electrons. The maximum Gasteiger partial charge on any atom is 0.139 e. The summed E-state index contributed by atoms with van der Waals surface area (Å²) in [5.74, 6) is 0.233. The normalized spacial score (nSPS) is 20.2. The van der Waals surface area contributed by atoms with E-state index >= 15 is 0 Å². The fraction of sp³-hybridized carbons (Fsp3) is 0.462. The van der Waals surface area contributed by atoms with Gasteiger partial charge in [-0.2, -0.15) is 0 Å². The van der Waals surface area contributed by atoms with Crippen LogP contribution in [0.1, 0.15) is 12.0 Å².